The lowest BCUT2D eigenvalue weighted by Gasteiger charge is -2.07. The molecule has 0 saturated heterocycles. The van der Waals surface area contributed by atoms with Crippen molar-refractivity contribution in [1.29, 1.82) is 0 Å². The molecule has 7 heteroatoms. The molecule has 136 valence electrons. The molecule has 27 heavy (non-hydrogen) atoms. The van der Waals surface area contributed by atoms with Crippen molar-refractivity contribution in [3.8, 4) is 11.4 Å². The highest BCUT2D eigenvalue weighted by Crippen LogP contribution is 2.27. The van der Waals surface area contributed by atoms with Gasteiger partial charge in [-0.2, -0.15) is 0 Å². The molecule has 0 aliphatic heterocycles. The maximum Gasteiger partial charge on any atom is 0.192 e. The number of hydrogen-bond acceptors (Lipinski definition) is 4. The number of halogens is 1. The number of pyridine rings is 1. The molecule has 3 heterocycles. The van der Waals surface area contributed by atoms with Gasteiger partial charge in [-0.15, -0.1) is 16.8 Å². The van der Waals surface area contributed by atoms with Crippen LogP contribution in [0.4, 0.5) is 0 Å². The van der Waals surface area contributed by atoms with Crippen LogP contribution in [-0.4, -0.2) is 24.1 Å². The Balaban J connectivity index is 1.60. The van der Waals surface area contributed by atoms with Crippen molar-refractivity contribution >= 4 is 29.0 Å². The first kappa shape index (κ1) is 17.8. The SMILES string of the molecule is C=CCn1c(SCc2cn3cc(Cl)ccc3n2)nnc1-c1cccc(C)c1. The minimum Gasteiger partial charge on any atom is -0.305 e. The van der Waals surface area contributed by atoms with Crippen LogP contribution in [0.5, 0.6) is 0 Å². The first-order chi connectivity index (χ1) is 13.1. The average Bonchev–Trinajstić information content (AvgIpc) is 3.23. The summed E-state index contributed by atoms with van der Waals surface area (Å²) in [5.74, 6) is 1.55. The lowest BCUT2D eigenvalue weighted by molar-refractivity contribution is 0.731. The van der Waals surface area contributed by atoms with E-state index in [2.05, 4.69) is 51.5 Å². The fourth-order valence-corrected chi connectivity index (χ4v) is 3.91. The van der Waals surface area contributed by atoms with E-state index in [1.807, 2.05) is 41.1 Å². The van der Waals surface area contributed by atoms with Crippen LogP contribution < -0.4 is 0 Å². The molecule has 0 saturated carbocycles. The molecule has 0 fully saturated rings. The summed E-state index contributed by atoms with van der Waals surface area (Å²) in [6.07, 6.45) is 5.71. The third kappa shape index (κ3) is 3.77. The topological polar surface area (TPSA) is 48.0 Å². The van der Waals surface area contributed by atoms with E-state index in [1.54, 1.807) is 11.8 Å². The number of allylic oxidation sites excluding steroid dienone is 1. The van der Waals surface area contributed by atoms with Gasteiger partial charge in [0.05, 0.1) is 10.7 Å². The second-order valence-corrected chi connectivity index (χ2v) is 7.59. The molecule has 4 aromatic rings. The normalized spacial score (nSPS) is 11.2. The van der Waals surface area contributed by atoms with Gasteiger partial charge in [0.15, 0.2) is 11.0 Å². The van der Waals surface area contributed by atoms with E-state index >= 15 is 0 Å². The predicted molar refractivity (Wildman–Crippen MR) is 110 cm³/mol. The molecule has 0 aliphatic rings. The smallest absolute Gasteiger partial charge is 0.192 e. The number of rotatable bonds is 6. The summed E-state index contributed by atoms with van der Waals surface area (Å²) in [5, 5.41) is 10.3. The Morgan fingerprint density at radius 2 is 2.07 bits per heavy atom. The third-order valence-electron chi connectivity index (χ3n) is 4.12. The quantitative estimate of drug-likeness (QED) is 0.339. The fourth-order valence-electron chi connectivity index (χ4n) is 2.91. The zero-order valence-electron chi connectivity index (χ0n) is 14.8. The van der Waals surface area contributed by atoms with E-state index < -0.39 is 0 Å². The molecule has 3 aromatic heterocycles. The zero-order valence-corrected chi connectivity index (χ0v) is 16.4. The number of thioether (sulfide) groups is 1. The summed E-state index contributed by atoms with van der Waals surface area (Å²) in [6, 6.07) is 12.0. The van der Waals surface area contributed by atoms with Crippen LogP contribution in [-0.2, 0) is 12.3 Å². The minimum atomic E-state index is 0.652. The number of imidazole rings is 1. The second-order valence-electron chi connectivity index (χ2n) is 6.21. The highest BCUT2D eigenvalue weighted by Gasteiger charge is 2.14. The van der Waals surface area contributed by atoms with Crippen LogP contribution in [0.25, 0.3) is 17.0 Å². The van der Waals surface area contributed by atoms with Gasteiger partial charge in [0.25, 0.3) is 0 Å². The Morgan fingerprint density at radius 3 is 2.89 bits per heavy atom. The summed E-state index contributed by atoms with van der Waals surface area (Å²) in [7, 11) is 0. The van der Waals surface area contributed by atoms with Gasteiger partial charge in [0.2, 0.25) is 0 Å². The molecule has 5 nitrogen and oxygen atoms in total. The van der Waals surface area contributed by atoms with Crippen LogP contribution in [0.3, 0.4) is 0 Å². The summed E-state index contributed by atoms with van der Waals surface area (Å²) < 4.78 is 4.02. The van der Waals surface area contributed by atoms with Crippen LogP contribution in [0.15, 0.2) is 66.6 Å². The summed E-state index contributed by atoms with van der Waals surface area (Å²) in [4.78, 5) is 4.63. The molecule has 4 rings (SSSR count). The van der Waals surface area contributed by atoms with Crippen LogP contribution in [0.1, 0.15) is 11.3 Å². The highest BCUT2D eigenvalue weighted by atomic mass is 35.5. The van der Waals surface area contributed by atoms with Crippen molar-refractivity contribution in [3.63, 3.8) is 0 Å². The van der Waals surface area contributed by atoms with Gasteiger partial charge in [-0.05, 0) is 25.1 Å². The van der Waals surface area contributed by atoms with Crippen LogP contribution >= 0.6 is 23.4 Å². The van der Waals surface area contributed by atoms with Gasteiger partial charge in [0, 0.05) is 30.3 Å². The Morgan fingerprint density at radius 1 is 1.19 bits per heavy atom. The second kappa shape index (κ2) is 7.58. The van der Waals surface area contributed by atoms with E-state index in [4.69, 9.17) is 11.6 Å². The van der Waals surface area contributed by atoms with E-state index in [9.17, 15) is 0 Å². The summed E-state index contributed by atoms with van der Waals surface area (Å²) >= 11 is 7.66. The van der Waals surface area contributed by atoms with Crippen molar-refractivity contribution in [3.05, 3.63) is 77.7 Å². The number of aryl methyl sites for hydroxylation is 1. The van der Waals surface area contributed by atoms with Gasteiger partial charge in [-0.3, -0.25) is 4.57 Å². The number of fused-ring (bicyclic) bond motifs is 1. The first-order valence-electron chi connectivity index (χ1n) is 8.51. The van der Waals surface area contributed by atoms with E-state index in [-0.39, 0.29) is 0 Å². The lowest BCUT2D eigenvalue weighted by Crippen LogP contribution is -2.00. The molecule has 0 bridgehead atoms. The molecule has 0 atom stereocenters. The Labute approximate surface area is 166 Å². The molecule has 0 unspecified atom stereocenters. The van der Waals surface area contributed by atoms with E-state index in [0.717, 1.165) is 27.9 Å². The lowest BCUT2D eigenvalue weighted by atomic mass is 10.1. The third-order valence-corrected chi connectivity index (χ3v) is 5.34. The molecular formula is C20H18ClN5S. The summed E-state index contributed by atoms with van der Waals surface area (Å²) in [6.45, 7) is 6.60. The standard InChI is InChI=1S/C20H18ClN5S/c1-3-9-26-19(15-6-4-5-14(2)10-15)23-24-20(26)27-13-17-12-25-11-16(21)7-8-18(25)22-17/h3-8,10-12H,1,9,13H2,2H3. The molecular weight excluding hydrogens is 378 g/mol. The molecule has 0 radical (unpaired) electrons. The van der Waals surface area contributed by atoms with Gasteiger partial charge in [-0.1, -0.05) is 53.2 Å². The highest BCUT2D eigenvalue weighted by molar-refractivity contribution is 7.98. The number of benzene rings is 1. The Bertz CT molecular complexity index is 1110. The molecule has 0 spiro atoms. The van der Waals surface area contributed by atoms with Gasteiger partial charge in [0.1, 0.15) is 5.65 Å². The largest absolute Gasteiger partial charge is 0.305 e. The number of hydrogen-bond donors (Lipinski definition) is 0. The first-order valence-corrected chi connectivity index (χ1v) is 9.87. The van der Waals surface area contributed by atoms with Crippen molar-refractivity contribution in [2.24, 2.45) is 0 Å². The monoisotopic (exact) mass is 395 g/mol. The van der Waals surface area contributed by atoms with Crippen molar-refractivity contribution in [2.45, 2.75) is 24.4 Å². The molecule has 0 amide bonds. The average molecular weight is 396 g/mol. The maximum absolute atomic E-state index is 6.04. The van der Waals surface area contributed by atoms with Gasteiger partial charge in [-0.25, -0.2) is 4.98 Å². The van der Waals surface area contributed by atoms with Gasteiger partial charge < -0.3 is 4.40 Å². The molecule has 1 aromatic carbocycles. The zero-order chi connectivity index (χ0) is 18.8. The predicted octanol–water partition coefficient (Wildman–Crippen LogP) is 5.03. The molecule has 0 aliphatic carbocycles. The maximum atomic E-state index is 6.04. The van der Waals surface area contributed by atoms with Crippen LogP contribution in [0.2, 0.25) is 5.02 Å². The van der Waals surface area contributed by atoms with E-state index in [0.29, 0.717) is 17.3 Å². The Kier molecular flexibility index (Phi) is 5.01. The van der Waals surface area contributed by atoms with Crippen molar-refractivity contribution < 1.29 is 0 Å². The summed E-state index contributed by atoms with van der Waals surface area (Å²) in [5.41, 5.74) is 4.09. The van der Waals surface area contributed by atoms with Crippen LogP contribution in [0, 0.1) is 6.92 Å². The fraction of sp³-hybridized carbons (Fsp3) is 0.150. The van der Waals surface area contributed by atoms with E-state index in [1.165, 1.54) is 5.56 Å². The van der Waals surface area contributed by atoms with Crippen molar-refractivity contribution in [2.75, 3.05) is 0 Å². The minimum absolute atomic E-state index is 0.652. The number of nitrogens with zero attached hydrogens (tertiary/aromatic N) is 5. The number of aromatic nitrogens is 5. The van der Waals surface area contributed by atoms with Gasteiger partial charge >= 0.3 is 0 Å². The molecule has 0 N–H and O–H groups in total. The van der Waals surface area contributed by atoms with Crippen molar-refractivity contribution in [1.82, 2.24) is 24.1 Å². The Hall–Kier alpha value is -2.57.